The van der Waals surface area contributed by atoms with Crippen molar-refractivity contribution < 1.29 is 23.9 Å². The summed E-state index contributed by atoms with van der Waals surface area (Å²) in [7, 11) is 0. The summed E-state index contributed by atoms with van der Waals surface area (Å²) in [5, 5.41) is 19.5. The molecule has 8 heteroatoms. The van der Waals surface area contributed by atoms with Gasteiger partial charge in [0.25, 0.3) is 0 Å². The van der Waals surface area contributed by atoms with Crippen molar-refractivity contribution in [2.75, 3.05) is 18.3 Å². The van der Waals surface area contributed by atoms with Crippen LogP contribution in [0.25, 0.3) is 0 Å². The van der Waals surface area contributed by atoms with Crippen LogP contribution in [0.15, 0.2) is 12.1 Å². The molecule has 25 heavy (non-hydrogen) atoms. The Morgan fingerprint density at radius 1 is 1.40 bits per heavy atom. The standard InChI is InChI=1S/C17H22FN2O5/c1-16(2,3)25-15(21)19-6-4-17(5-7-19)10-11-8-13(20(22)23)12(18)9-14(11)24-17/h8-9,22H,4-7,10H2,1-3H3/q-1. The van der Waals surface area contributed by atoms with Crippen LogP contribution in [-0.4, -0.2) is 40.5 Å². The number of carbonyl (C=O) groups excluding carboxylic acids is 1. The smallest absolute Gasteiger partial charge is 0.410 e. The zero-order valence-corrected chi connectivity index (χ0v) is 14.5. The summed E-state index contributed by atoms with van der Waals surface area (Å²) >= 11 is 0. The number of ether oxygens (including phenoxy) is 2. The molecule has 0 unspecified atom stereocenters. The Kier molecular flexibility index (Phi) is 4.28. The summed E-state index contributed by atoms with van der Waals surface area (Å²) in [6, 6.07) is 2.44. The molecule has 138 valence electrons. The van der Waals surface area contributed by atoms with E-state index in [-0.39, 0.29) is 6.09 Å². The van der Waals surface area contributed by atoms with E-state index in [1.165, 1.54) is 6.07 Å². The minimum atomic E-state index is -0.834. The van der Waals surface area contributed by atoms with Crippen molar-refractivity contribution in [2.24, 2.45) is 0 Å². The summed E-state index contributed by atoms with van der Waals surface area (Å²) in [4.78, 5) is 13.8. The fraction of sp³-hybridized carbons (Fsp3) is 0.588. The first-order chi connectivity index (χ1) is 11.6. The largest absolute Gasteiger partial charge is 0.733 e. The SMILES string of the molecule is CC(C)(C)OC(=O)N1CCC2(CC1)Cc1cc(N([O-])O)c(F)cc1O2. The highest BCUT2D eigenvalue weighted by Gasteiger charge is 2.43. The molecule has 0 atom stereocenters. The molecule has 7 nitrogen and oxygen atoms in total. The van der Waals surface area contributed by atoms with Crippen LogP contribution in [0.4, 0.5) is 14.9 Å². The van der Waals surface area contributed by atoms with Gasteiger partial charge in [0, 0.05) is 44.0 Å². The first-order valence-electron chi connectivity index (χ1n) is 8.24. The second-order valence-electron chi connectivity index (χ2n) is 7.61. The molecular formula is C17H22FN2O5-. The molecule has 1 aromatic carbocycles. The van der Waals surface area contributed by atoms with E-state index in [9.17, 15) is 14.4 Å². The van der Waals surface area contributed by atoms with Crippen LogP contribution in [-0.2, 0) is 11.2 Å². The molecule has 0 aliphatic carbocycles. The monoisotopic (exact) mass is 353 g/mol. The summed E-state index contributed by atoms with van der Waals surface area (Å²) < 4.78 is 25.2. The number of hydrogen-bond acceptors (Lipinski definition) is 6. The highest BCUT2D eigenvalue weighted by atomic mass is 19.1. The van der Waals surface area contributed by atoms with Crippen LogP contribution in [0, 0.1) is 11.0 Å². The summed E-state index contributed by atoms with van der Waals surface area (Å²) in [6.07, 6.45) is 1.32. The zero-order valence-electron chi connectivity index (χ0n) is 14.5. The van der Waals surface area contributed by atoms with Crippen molar-refractivity contribution >= 4 is 11.8 Å². The van der Waals surface area contributed by atoms with E-state index in [0.29, 0.717) is 43.7 Å². The third kappa shape index (κ3) is 3.64. The highest BCUT2D eigenvalue weighted by Crippen LogP contribution is 2.43. The van der Waals surface area contributed by atoms with Crippen LogP contribution in [0.5, 0.6) is 5.75 Å². The van der Waals surface area contributed by atoms with Crippen LogP contribution < -0.4 is 9.96 Å². The number of anilines is 1. The van der Waals surface area contributed by atoms with Gasteiger partial charge in [0.2, 0.25) is 0 Å². The molecule has 1 saturated heterocycles. The number of likely N-dealkylation sites (tertiary alicyclic amines) is 1. The molecule has 0 radical (unpaired) electrons. The van der Waals surface area contributed by atoms with Gasteiger partial charge in [-0.25, -0.2) is 9.18 Å². The number of benzene rings is 1. The number of fused-ring (bicyclic) bond motifs is 1. The first kappa shape index (κ1) is 17.8. The van der Waals surface area contributed by atoms with Crippen molar-refractivity contribution in [1.82, 2.24) is 4.90 Å². The first-order valence-corrected chi connectivity index (χ1v) is 8.24. The highest BCUT2D eigenvalue weighted by molar-refractivity contribution is 5.68. The molecule has 1 fully saturated rings. The van der Waals surface area contributed by atoms with Crippen LogP contribution in [0.3, 0.4) is 0 Å². The number of halogens is 1. The second-order valence-corrected chi connectivity index (χ2v) is 7.61. The lowest BCUT2D eigenvalue weighted by molar-refractivity contribution is -0.00891. The van der Waals surface area contributed by atoms with Gasteiger partial charge < -0.3 is 24.8 Å². The van der Waals surface area contributed by atoms with Crippen molar-refractivity contribution in [3.05, 3.63) is 28.7 Å². The van der Waals surface area contributed by atoms with Gasteiger partial charge in [-0.3, -0.25) is 5.21 Å². The second kappa shape index (κ2) is 6.03. The van der Waals surface area contributed by atoms with E-state index in [1.807, 2.05) is 20.8 Å². The average molecular weight is 353 g/mol. The molecule has 0 saturated carbocycles. The maximum Gasteiger partial charge on any atom is 0.410 e. The fourth-order valence-corrected chi connectivity index (χ4v) is 3.29. The molecular weight excluding hydrogens is 331 g/mol. The van der Waals surface area contributed by atoms with Crippen molar-refractivity contribution in [3.63, 3.8) is 0 Å². The lowest BCUT2D eigenvalue weighted by atomic mass is 9.87. The minimum absolute atomic E-state index is 0.353. The lowest BCUT2D eigenvalue weighted by Crippen LogP contribution is -2.50. The van der Waals surface area contributed by atoms with Crippen LogP contribution in [0.1, 0.15) is 39.2 Å². The Bertz CT molecular complexity index is 678. The number of nitrogens with zero attached hydrogens (tertiary/aromatic N) is 2. The van der Waals surface area contributed by atoms with E-state index in [4.69, 9.17) is 14.7 Å². The van der Waals surface area contributed by atoms with Crippen molar-refractivity contribution in [2.45, 2.75) is 51.2 Å². The summed E-state index contributed by atoms with van der Waals surface area (Å²) in [6.45, 7) is 6.41. The zero-order chi connectivity index (χ0) is 18.4. The van der Waals surface area contributed by atoms with E-state index >= 15 is 0 Å². The lowest BCUT2D eigenvalue weighted by Gasteiger charge is -2.39. The van der Waals surface area contributed by atoms with Gasteiger partial charge in [-0.2, -0.15) is 0 Å². The van der Waals surface area contributed by atoms with Gasteiger partial charge in [0.05, 0.1) is 5.69 Å². The van der Waals surface area contributed by atoms with Gasteiger partial charge in [-0.05, 0) is 26.8 Å². The number of carbonyl (C=O) groups is 1. The molecule has 0 aromatic heterocycles. The van der Waals surface area contributed by atoms with Crippen molar-refractivity contribution in [1.29, 1.82) is 0 Å². The van der Waals surface area contributed by atoms with Gasteiger partial charge in [0.1, 0.15) is 17.0 Å². The summed E-state index contributed by atoms with van der Waals surface area (Å²) in [5.74, 6) is -0.451. The van der Waals surface area contributed by atoms with E-state index in [2.05, 4.69) is 0 Å². The molecule has 3 rings (SSSR count). The summed E-state index contributed by atoms with van der Waals surface area (Å²) in [5.41, 5.74) is -0.813. The Morgan fingerprint density at radius 2 is 2.04 bits per heavy atom. The fourth-order valence-electron chi connectivity index (χ4n) is 3.29. The number of amides is 1. The average Bonchev–Trinajstić information content (AvgIpc) is 2.81. The Hall–Kier alpha value is -2.06. The Balaban J connectivity index is 1.68. The molecule has 1 spiro atoms. The number of piperidine rings is 1. The van der Waals surface area contributed by atoms with Gasteiger partial charge in [-0.1, -0.05) is 0 Å². The minimum Gasteiger partial charge on any atom is -0.733 e. The third-order valence-corrected chi connectivity index (χ3v) is 4.50. The quantitative estimate of drug-likeness (QED) is 0.780. The molecule has 2 aliphatic heterocycles. The van der Waals surface area contributed by atoms with Crippen LogP contribution in [0.2, 0.25) is 0 Å². The number of rotatable bonds is 1. The molecule has 2 aliphatic rings. The maximum atomic E-state index is 13.8. The third-order valence-electron chi connectivity index (χ3n) is 4.50. The van der Waals surface area contributed by atoms with Gasteiger partial charge in [0.15, 0.2) is 5.82 Å². The topological polar surface area (TPSA) is 85.3 Å². The predicted octanol–water partition coefficient (Wildman–Crippen LogP) is 3.22. The predicted molar refractivity (Wildman–Crippen MR) is 88.1 cm³/mol. The van der Waals surface area contributed by atoms with Gasteiger partial charge >= 0.3 is 6.09 Å². The van der Waals surface area contributed by atoms with Gasteiger partial charge in [-0.15, -0.1) is 0 Å². The number of hydrogen-bond donors (Lipinski definition) is 1. The molecule has 2 heterocycles. The van der Waals surface area contributed by atoms with Crippen molar-refractivity contribution in [3.8, 4) is 5.75 Å². The molecule has 0 bridgehead atoms. The normalized spacial score (nSPS) is 18.7. The van der Waals surface area contributed by atoms with Crippen LogP contribution >= 0.6 is 0 Å². The van der Waals surface area contributed by atoms with E-state index in [1.54, 1.807) is 4.90 Å². The van der Waals surface area contributed by atoms with E-state index in [0.717, 1.165) is 6.07 Å². The Morgan fingerprint density at radius 3 is 2.60 bits per heavy atom. The molecule has 1 N–H and O–H groups in total. The van der Waals surface area contributed by atoms with E-state index < -0.39 is 27.9 Å². The maximum absolute atomic E-state index is 13.8. The molecule has 1 amide bonds. The Labute approximate surface area is 145 Å². The molecule has 1 aromatic rings.